The Hall–Kier alpha value is -4.44. The van der Waals surface area contributed by atoms with E-state index >= 15 is 17.6 Å². The highest BCUT2D eigenvalue weighted by Gasteiger charge is 2.64. The van der Waals surface area contributed by atoms with Gasteiger partial charge in [-0.05, 0) is 60.7 Å². The van der Waals surface area contributed by atoms with Crippen molar-refractivity contribution in [1.82, 2.24) is 0 Å². The molecule has 38 heavy (non-hydrogen) atoms. The zero-order valence-electron chi connectivity index (χ0n) is 19.9. The lowest BCUT2D eigenvalue weighted by Crippen LogP contribution is -2.30. The monoisotopic (exact) mass is 502 g/mol. The molecule has 2 aliphatic rings. The Bertz CT molecular complexity index is 1820. The molecule has 8 rings (SSSR count). The third-order valence-corrected chi connectivity index (χ3v) is 8.11. The first kappa shape index (κ1) is 21.6. The number of fused-ring (bicyclic) bond motifs is 4. The van der Waals surface area contributed by atoms with Gasteiger partial charge in [-0.3, -0.25) is 0 Å². The summed E-state index contributed by atoms with van der Waals surface area (Å²) in [6.07, 6.45) is 0. The van der Waals surface area contributed by atoms with Crippen molar-refractivity contribution in [3.8, 4) is 44.5 Å². The Kier molecular flexibility index (Phi) is 4.04. The van der Waals surface area contributed by atoms with Gasteiger partial charge in [0.25, 0.3) is 0 Å². The summed E-state index contributed by atoms with van der Waals surface area (Å²) in [6, 6.07) is 33.7. The van der Waals surface area contributed by atoms with Crippen LogP contribution in [0.2, 0.25) is 0 Å². The van der Waals surface area contributed by atoms with E-state index in [1.165, 1.54) is 12.1 Å². The van der Waals surface area contributed by atoms with E-state index in [0.29, 0.717) is 16.5 Å². The van der Waals surface area contributed by atoms with E-state index in [2.05, 4.69) is 12.1 Å². The third kappa shape index (κ3) is 2.46. The molecule has 0 saturated heterocycles. The van der Waals surface area contributed by atoms with Crippen LogP contribution in [0.25, 0.3) is 66.1 Å². The highest BCUT2D eigenvalue weighted by atomic mass is 19.3. The lowest BCUT2D eigenvalue weighted by molar-refractivity contribution is -0.216. The number of rotatable bonds is 2. The molecule has 0 aromatic heterocycles. The SMILES string of the molecule is FC1(F)c2ccc3c4c(ccc(c24)C1(F)F)-c1c-3c(-c2ccccc2)c2ccccc2c1-c1ccccc1. The van der Waals surface area contributed by atoms with Crippen LogP contribution in [0.4, 0.5) is 17.6 Å². The fraction of sp³-hybridized carbons (Fsp3) is 0.0588. The second-order valence-corrected chi connectivity index (χ2v) is 10.00. The second-order valence-electron chi connectivity index (χ2n) is 10.00. The quantitative estimate of drug-likeness (QED) is 0.206. The summed E-state index contributed by atoms with van der Waals surface area (Å²) in [5, 5.41) is 2.50. The third-order valence-electron chi connectivity index (χ3n) is 8.11. The van der Waals surface area contributed by atoms with Gasteiger partial charge in [0.1, 0.15) is 0 Å². The molecule has 0 spiro atoms. The minimum Gasteiger partial charge on any atom is -0.194 e. The van der Waals surface area contributed by atoms with Gasteiger partial charge < -0.3 is 0 Å². The summed E-state index contributed by atoms with van der Waals surface area (Å²) in [5.41, 5.74) is 5.93. The van der Waals surface area contributed by atoms with Crippen LogP contribution >= 0.6 is 0 Å². The van der Waals surface area contributed by atoms with Crippen molar-refractivity contribution in [3.05, 3.63) is 120 Å². The first-order valence-electron chi connectivity index (χ1n) is 12.5. The van der Waals surface area contributed by atoms with Gasteiger partial charge in [-0.1, -0.05) is 109 Å². The molecule has 0 heterocycles. The largest absolute Gasteiger partial charge is 0.340 e. The van der Waals surface area contributed by atoms with Crippen LogP contribution < -0.4 is 0 Å². The van der Waals surface area contributed by atoms with E-state index in [-0.39, 0.29) is 5.39 Å². The molecule has 0 amide bonds. The molecule has 4 heteroatoms. The van der Waals surface area contributed by atoms with Crippen molar-refractivity contribution < 1.29 is 17.6 Å². The Morgan fingerprint density at radius 3 is 1.18 bits per heavy atom. The molecule has 0 bridgehead atoms. The number of hydrogen-bond acceptors (Lipinski definition) is 0. The molecule has 0 atom stereocenters. The molecule has 182 valence electrons. The van der Waals surface area contributed by atoms with Crippen LogP contribution in [0.15, 0.2) is 109 Å². The lowest BCUT2D eigenvalue weighted by Gasteiger charge is -2.21. The Labute approximate surface area is 215 Å². The molecule has 6 aromatic rings. The smallest absolute Gasteiger partial charge is 0.194 e. The summed E-state index contributed by atoms with van der Waals surface area (Å²) in [4.78, 5) is 0. The first-order valence-corrected chi connectivity index (χ1v) is 12.5. The molecule has 0 unspecified atom stereocenters. The fourth-order valence-electron chi connectivity index (χ4n) is 6.56. The van der Waals surface area contributed by atoms with Gasteiger partial charge in [-0.2, -0.15) is 17.6 Å². The van der Waals surface area contributed by atoms with Crippen molar-refractivity contribution in [2.45, 2.75) is 11.8 Å². The van der Waals surface area contributed by atoms with E-state index in [0.717, 1.165) is 44.2 Å². The fourth-order valence-corrected chi connectivity index (χ4v) is 6.56. The predicted molar refractivity (Wildman–Crippen MR) is 145 cm³/mol. The number of benzene rings is 6. The van der Waals surface area contributed by atoms with Gasteiger partial charge in [0.2, 0.25) is 0 Å². The van der Waals surface area contributed by atoms with E-state index in [9.17, 15) is 0 Å². The molecule has 0 nitrogen and oxygen atoms in total. The van der Waals surface area contributed by atoms with Crippen LogP contribution in [0.3, 0.4) is 0 Å². The molecule has 0 fully saturated rings. The highest BCUT2D eigenvalue weighted by molar-refractivity contribution is 6.28. The molecule has 0 radical (unpaired) electrons. The first-order chi connectivity index (χ1) is 18.4. The molecule has 0 aliphatic heterocycles. The summed E-state index contributed by atoms with van der Waals surface area (Å²) >= 11 is 0. The second kappa shape index (κ2) is 7.11. The van der Waals surface area contributed by atoms with Gasteiger partial charge in [0.15, 0.2) is 0 Å². The maximum atomic E-state index is 15.1. The summed E-state index contributed by atoms with van der Waals surface area (Å²) in [5.74, 6) is -8.53. The number of alkyl halides is 4. The Morgan fingerprint density at radius 1 is 0.368 bits per heavy atom. The van der Waals surface area contributed by atoms with Crippen molar-refractivity contribution >= 4 is 21.5 Å². The molecule has 2 aliphatic carbocycles. The summed E-state index contributed by atoms with van der Waals surface area (Å²) in [7, 11) is 0. The standard InChI is InChI=1S/C34H18F4/c35-33(36)25-17-15-23-29-24(16-18-26(32(25)29)34(33,37)38)31-28(20-11-5-2-6-12-20)22-14-8-7-13-21(22)27(30(23)31)19-9-3-1-4-10-19/h1-18H. The molecular formula is C34H18F4. The topological polar surface area (TPSA) is 0 Å². The van der Waals surface area contributed by atoms with Crippen molar-refractivity contribution in [3.63, 3.8) is 0 Å². The van der Waals surface area contributed by atoms with E-state index in [4.69, 9.17) is 0 Å². The normalized spacial score (nSPS) is 15.8. The average Bonchev–Trinajstić information content (AvgIpc) is 3.34. The van der Waals surface area contributed by atoms with E-state index in [1.54, 1.807) is 12.1 Å². The van der Waals surface area contributed by atoms with E-state index < -0.39 is 23.0 Å². The minimum absolute atomic E-state index is 0.0201. The van der Waals surface area contributed by atoms with Crippen LogP contribution in [-0.2, 0) is 11.8 Å². The average molecular weight is 503 g/mol. The number of halogens is 4. The van der Waals surface area contributed by atoms with Crippen LogP contribution in [0, 0.1) is 0 Å². The van der Waals surface area contributed by atoms with Gasteiger partial charge in [-0.25, -0.2) is 0 Å². The van der Waals surface area contributed by atoms with Crippen molar-refractivity contribution in [2.75, 3.05) is 0 Å². The Morgan fingerprint density at radius 2 is 0.763 bits per heavy atom. The van der Waals surface area contributed by atoms with Gasteiger partial charge in [-0.15, -0.1) is 0 Å². The van der Waals surface area contributed by atoms with Crippen LogP contribution in [0.1, 0.15) is 11.1 Å². The summed E-state index contributed by atoms with van der Waals surface area (Å²) in [6.45, 7) is 0. The molecular weight excluding hydrogens is 484 g/mol. The Balaban J connectivity index is 1.63. The lowest BCUT2D eigenvalue weighted by atomic mass is 9.82. The maximum Gasteiger partial charge on any atom is 0.340 e. The minimum atomic E-state index is -4.27. The van der Waals surface area contributed by atoms with Crippen LogP contribution in [0.5, 0.6) is 0 Å². The molecule has 0 N–H and O–H groups in total. The van der Waals surface area contributed by atoms with Crippen LogP contribution in [-0.4, -0.2) is 0 Å². The van der Waals surface area contributed by atoms with Gasteiger partial charge in [0, 0.05) is 16.5 Å². The van der Waals surface area contributed by atoms with Crippen molar-refractivity contribution in [2.24, 2.45) is 0 Å². The maximum absolute atomic E-state index is 15.1. The van der Waals surface area contributed by atoms with Gasteiger partial charge in [0.05, 0.1) is 0 Å². The zero-order chi connectivity index (χ0) is 25.8. The van der Waals surface area contributed by atoms with E-state index in [1.807, 2.05) is 72.8 Å². The van der Waals surface area contributed by atoms with Crippen molar-refractivity contribution in [1.29, 1.82) is 0 Å². The van der Waals surface area contributed by atoms with Gasteiger partial charge >= 0.3 is 11.8 Å². The highest BCUT2D eigenvalue weighted by Crippen LogP contribution is 2.64. The predicted octanol–water partition coefficient (Wildman–Crippen LogP) is 10.2. The molecule has 0 saturated carbocycles. The zero-order valence-corrected chi connectivity index (χ0v) is 19.9. The number of hydrogen-bond donors (Lipinski definition) is 0. The molecule has 6 aromatic carbocycles. The summed E-state index contributed by atoms with van der Waals surface area (Å²) < 4.78 is 60.3.